The Labute approximate surface area is 236 Å². The number of methoxy groups -OCH3 is 1. The number of allylic oxidation sites excluding steroid dienone is 2. The molecule has 2 aromatic carbocycles. The molecule has 2 heterocycles. The number of likely N-dealkylation sites (tertiary alicyclic amines) is 1. The molecule has 2 aromatic rings. The smallest absolute Gasteiger partial charge is 0.305 e. The van der Waals surface area contributed by atoms with Crippen molar-refractivity contribution < 1.29 is 38.9 Å². The molecule has 1 saturated carbocycles. The Balaban J connectivity index is 1.50. The molecule has 0 spiro atoms. The number of carbonyl (C=O) groups is 5. The molecule has 2 N–H and O–H groups in total. The van der Waals surface area contributed by atoms with Gasteiger partial charge in [0.1, 0.15) is 11.5 Å². The molecule has 10 heteroatoms. The Morgan fingerprint density at radius 1 is 1.02 bits per heavy atom. The Hall–Kier alpha value is -4.47. The number of rotatable bonds is 6. The number of amides is 4. The third-order valence-electron chi connectivity index (χ3n) is 9.48. The average molecular weight is 559 g/mol. The Bertz CT molecular complexity index is 1520. The second-order valence-electron chi connectivity index (χ2n) is 11.4. The van der Waals surface area contributed by atoms with E-state index in [2.05, 4.69) is 0 Å². The number of aliphatic carboxylic acids is 1. The van der Waals surface area contributed by atoms with Crippen LogP contribution in [0.1, 0.15) is 37.7 Å². The number of benzene rings is 2. The van der Waals surface area contributed by atoms with Gasteiger partial charge in [0.2, 0.25) is 23.6 Å². The van der Waals surface area contributed by atoms with Gasteiger partial charge in [0.25, 0.3) is 0 Å². The zero-order valence-electron chi connectivity index (χ0n) is 22.6. The molecule has 2 saturated heterocycles. The minimum absolute atomic E-state index is 0.0743. The van der Waals surface area contributed by atoms with Gasteiger partial charge in [-0.25, -0.2) is 4.90 Å². The molecule has 6 atom stereocenters. The third-order valence-corrected chi connectivity index (χ3v) is 9.48. The number of hydrogen-bond acceptors (Lipinski definition) is 7. The quantitative estimate of drug-likeness (QED) is 0.407. The molecule has 41 heavy (non-hydrogen) atoms. The molecule has 212 valence electrons. The summed E-state index contributed by atoms with van der Waals surface area (Å²) in [5.74, 6) is -6.01. The number of imide groups is 2. The first-order chi connectivity index (χ1) is 19.6. The number of aromatic hydroxyl groups is 1. The first-order valence-electron chi connectivity index (χ1n) is 13.7. The van der Waals surface area contributed by atoms with Crippen LogP contribution in [0.25, 0.3) is 0 Å². The number of fused-ring (bicyclic) bond motifs is 4. The van der Waals surface area contributed by atoms with Crippen molar-refractivity contribution in [3.63, 3.8) is 0 Å². The van der Waals surface area contributed by atoms with Crippen molar-refractivity contribution in [2.75, 3.05) is 18.6 Å². The van der Waals surface area contributed by atoms with Gasteiger partial charge in [-0.15, -0.1) is 0 Å². The van der Waals surface area contributed by atoms with E-state index in [1.165, 1.54) is 18.1 Å². The predicted molar refractivity (Wildman–Crippen MR) is 145 cm³/mol. The van der Waals surface area contributed by atoms with Gasteiger partial charge in [0, 0.05) is 18.0 Å². The molecule has 6 rings (SSSR count). The van der Waals surface area contributed by atoms with E-state index >= 15 is 0 Å². The molecular formula is C31H30N2O8. The molecule has 0 aromatic heterocycles. The van der Waals surface area contributed by atoms with Gasteiger partial charge in [-0.3, -0.25) is 28.9 Å². The van der Waals surface area contributed by atoms with Crippen LogP contribution in [0.3, 0.4) is 0 Å². The topological polar surface area (TPSA) is 142 Å². The standard InChI is InChI=1S/C31H30N2O8/c1-31-22(28(38)33(30(31)40)16-6-4-3-5-7-16)15-20-18(26(31)21-14-17(41-2)8-11-23(21)34)9-10-19-25(20)29(39)32(27(19)37)13-12-24(35)36/h3-9,11,14,19-20,22,25-26,34H,10,12-13,15H2,1-2H3,(H,35,36)/t19-,20+,22-,25-,26+,31+/m0/s1. The molecule has 0 unspecified atom stereocenters. The molecule has 2 aliphatic heterocycles. The van der Waals surface area contributed by atoms with E-state index < -0.39 is 64.6 Å². The fraction of sp³-hybridized carbons (Fsp3) is 0.387. The Kier molecular flexibility index (Phi) is 6.24. The summed E-state index contributed by atoms with van der Waals surface area (Å²) in [6.07, 6.45) is 1.93. The molecule has 3 fully saturated rings. The third kappa shape index (κ3) is 3.80. The highest BCUT2D eigenvalue weighted by atomic mass is 16.5. The van der Waals surface area contributed by atoms with E-state index in [4.69, 9.17) is 9.84 Å². The number of anilines is 1. The molecule has 10 nitrogen and oxygen atoms in total. The summed E-state index contributed by atoms with van der Waals surface area (Å²) in [7, 11) is 1.49. The van der Waals surface area contributed by atoms with Crippen LogP contribution in [0.5, 0.6) is 11.5 Å². The molecule has 4 aliphatic rings. The number of phenolic OH excluding ortho intramolecular Hbond substituents is 1. The van der Waals surface area contributed by atoms with Crippen molar-refractivity contribution in [1.82, 2.24) is 4.90 Å². The van der Waals surface area contributed by atoms with E-state index in [-0.39, 0.29) is 31.6 Å². The lowest BCUT2D eigenvalue weighted by molar-refractivity contribution is -0.142. The van der Waals surface area contributed by atoms with Crippen LogP contribution < -0.4 is 9.64 Å². The molecular weight excluding hydrogens is 528 g/mol. The van der Waals surface area contributed by atoms with Gasteiger partial charge in [-0.2, -0.15) is 0 Å². The van der Waals surface area contributed by atoms with Crippen LogP contribution in [0.4, 0.5) is 5.69 Å². The normalized spacial score (nSPS) is 30.6. The summed E-state index contributed by atoms with van der Waals surface area (Å²) in [6, 6.07) is 13.4. The van der Waals surface area contributed by atoms with E-state index in [9.17, 15) is 29.1 Å². The van der Waals surface area contributed by atoms with Crippen LogP contribution in [0.2, 0.25) is 0 Å². The van der Waals surface area contributed by atoms with Crippen molar-refractivity contribution in [2.24, 2.45) is 29.1 Å². The fourth-order valence-corrected chi connectivity index (χ4v) is 7.57. The van der Waals surface area contributed by atoms with Crippen LogP contribution >= 0.6 is 0 Å². The molecule has 0 radical (unpaired) electrons. The Morgan fingerprint density at radius 2 is 1.76 bits per heavy atom. The lowest BCUT2D eigenvalue weighted by Crippen LogP contribution is -2.48. The first-order valence-corrected chi connectivity index (χ1v) is 13.7. The molecule has 2 aliphatic carbocycles. The highest BCUT2D eigenvalue weighted by molar-refractivity contribution is 6.24. The van der Waals surface area contributed by atoms with Crippen LogP contribution in [0.15, 0.2) is 60.2 Å². The number of para-hydroxylation sites is 1. The number of phenols is 1. The van der Waals surface area contributed by atoms with Crippen molar-refractivity contribution in [2.45, 2.75) is 32.1 Å². The van der Waals surface area contributed by atoms with Crippen LogP contribution in [-0.4, -0.2) is 58.4 Å². The zero-order chi connectivity index (χ0) is 29.2. The van der Waals surface area contributed by atoms with Gasteiger partial charge in [0.15, 0.2) is 0 Å². The monoisotopic (exact) mass is 558 g/mol. The molecule has 0 bridgehead atoms. The van der Waals surface area contributed by atoms with Crippen molar-refractivity contribution in [3.8, 4) is 11.5 Å². The van der Waals surface area contributed by atoms with E-state index in [0.29, 0.717) is 17.0 Å². The molecule has 4 amide bonds. The lowest BCUT2D eigenvalue weighted by Gasteiger charge is -2.49. The fourth-order valence-electron chi connectivity index (χ4n) is 7.57. The lowest BCUT2D eigenvalue weighted by atomic mass is 9.51. The number of hydrogen-bond donors (Lipinski definition) is 2. The van der Waals surface area contributed by atoms with Gasteiger partial charge in [-0.05, 0) is 56.0 Å². The van der Waals surface area contributed by atoms with Crippen LogP contribution in [0, 0.1) is 29.1 Å². The van der Waals surface area contributed by atoms with E-state index in [1.54, 1.807) is 49.4 Å². The summed E-state index contributed by atoms with van der Waals surface area (Å²) >= 11 is 0. The van der Waals surface area contributed by atoms with Crippen molar-refractivity contribution in [1.29, 1.82) is 0 Å². The number of ether oxygens (including phenoxy) is 1. The van der Waals surface area contributed by atoms with E-state index in [0.717, 1.165) is 10.5 Å². The largest absolute Gasteiger partial charge is 0.508 e. The minimum atomic E-state index is -1.29. The van der Waals surface area contributed by atoms with Gasteiger partial charge < -0.3 is 14.9 Å². The number of carboxylic acid groups (broad SMARTS) is 1. The summed E-state index contributed by atoms with van der Waals surface area (Å²) < 4.78 is 5.43. The predicted octanol–water partition coefficient (Wildman–Crippen LogP) is 3.11. The maximum atomic E-state index is 14.3. The summed E-state index contributed by atoms with van der Waals surface area (Å²) in [5.41, 5.74) is 0.279. The van der Waals surface area contributed by atoms with Crippen molar-refractivity contribution in [3.05, 3.63) is 65.7 Å². The van der Waals surface area contributed by atoms with Crippen molar-refractivity contribution >= 4 is 35.3 Å². The van der Waals surface area contributed by atoms with Gasteiger partial charge in [0.05, 0.1) is 42.4 Å². The highest BCUT2D eigenvalue weighted by Gasteiger charge is 2.67. The van der Waals surface area contributed by atoms with Gasteiger partial charge in [-0.1, -0.05) is 29.8 Å². The summed E-state index contributed by atoms with van der Waals surface area (Å²) in [4.78, 5) is 68.8. The number of carboxylic acids is 1. The Morgan fingerprint density at radius 3 is 2.44 bits per heavy atom. The highest BCUT2D eigenvalue weighted by Crippen LogP contribution is 2.64. The zero-order valence-corrected chi connectivity index (χ0v) is 22.6. The maximum Gasteiger partial charge on any atom is 0.305 e. The SMILES string of the molecule is COc1ccc(O)c([C@H]2C3=CC[C@@H]4C(=O)N(CCC(=O)O)C(=O)[C@@H]4[C@@H]3C[C@H]3C(=O)N(c4ccccc4)C(=O)[C@@]23C)c1. The van der Waals surface area contributed by atoms with Crippen LogP contribution in [-0.2, 0) is 24.0 Å². The second-order valence-corrected chi connectivity index (χ2v) is 11.4. The number of nitrogens with zero attached hydrogens (tertiary/aromatic N) is 2. The van der Waals surface area contributed by atoms with E-state index in [1.807, 2.05) is 6.08 Å². The first kappa shape index (κ1) is 26.7. The minimum Gasteiger partial charge on any atom is -0.508 e. The average Bonchev–Trinajstić information content (AvgIpc) is 3.32. The number of carbonyl (C=O) groups excluding carboxylic acids is 4. The maximum absolute atomic E-state index is 14.3. The summed E-state index contributed by atoms with van der Waals surface area (Å²) in [5, 5.41) is 20.3. The summed E-state index contributed by atoms with van der Waals surface area (Å²) in [6.45, 7) is 1.52. The van der Waals surface area contributed by atoms with Gasteiger partial charge >= 0.3 is 5.97 Å². The second kappa shape index (κ2) is 9.57.